The summed E-state index contributed by atoms with van der Waals surface area (Å²) in [5.74, 6) is -2.94. The number of carbonyl (C=O) groups excluding carboxylic acids is 1. The number of aliphatic imine (C=N–C) groups is 1. The Morgan fingerprint density at radius 1 is 1.22 bits per heavy atom. The Morgan fingerprint density at radius 2 is 1.92 bits per heavy atom. The number of halogens is 3. The number of ether oxygens (including phenoxy) is 1. The Morgan fingerprint density at radius 3 is 2.50 bits per heavy atom. The number of rotatable bonds is 6. The minimum Gasteiger partial charge on any atom is -0.466 e. The number of nitrogens with one attached hydrogen (secondary N) is 1. The SMILES string of the molecule is COC(=O)C1=C(C2CCC(S(=O)(=O)N(C)C)CC2)NC(c2nccs2)=NC1c1ccc(F)c(F)c1Cl. The lowest BCUT2D eigenvalue weighted by molar-refractivity contribution is -0.136. The van der Waals surface area contributed by atoms with Crippen molar-refractivity contribution in [3.8, 4) is 0 Å². The van der Waals surface area contributed by atoms with Gasteiger partial charge >= 0.3 is 5.97 Å². The number of hydrogen-bond donors (Lipinski definition) is 1. The molecule has 0 spiro atoms. The maximum Gasteiger partial charge on any atom is 0.338 e. The molecule has 1 aliphatic heterocycles. The molecule has 36 heavy (non-hydrogen) atoms. The van der Waals surface area contributed by atoms with E-state index in [1.54, 1.807) is 11.6 Å². The zero-order chi connectivity index (χ0) is 26.2. The average Bonchev–Trinajstić information content (AvgIpc) is 3.41. The van der Waals surface area contributed by atoms with Crippen LogP contribution in [0.15, 0.2) is 40.0 Å². The highest BCUT2D eigenvalue weighted by Crippen LogP contribution is 2.42. The highest BCUT2D eigenvalue weighted by molar-refractivity contribution is 7.89. The van der Waals surface area contributed by atoms with Crippen LogP contribution in [0.3, 0.4) is 0 Å². The molecule has 0 amide bonds. The van der Waals surface area contributed by atoms with Gasteiger partial charge in [0, 0.05) is 36.9 Å². The van der Waals surface area contributed by atoms with Gasteiger partial charge in [0.15, 0.2) is 22.5 Å². The van der Waals surface area contributed by atoms with Crippen LogP contribution in [0, 0.1) is 17.6 Å². The fraction of sp³-hybridized carbons (Fsp3) is 0.435. The summed E-state index contributed by atoms with van der Waals surface area (Å²) in [6.07, 6.45) is 3.34. The first-order chi connectivity index (χ1) is 17.1. The van der Waals surface area contributed by atoms with Crippen molar-refractivity contribution in [2.24, 2.45) is 10.9 Å². The summed E-state index contributed by atoms with van der Waals surface area (Å²) in [5.41, 5.74) is 0.714. The molecular weight excluding hydrogens is 534 g/mol. The van der Waals surface area contributed by atoms with Crippen molar-refractivity contribution in [3.63, 3.8) is 0 Å². The Bertz CT molecular complexity index is 1320. The lowest BCUT2D eigenvalue weighted by Gasteiger charge is -2.35. The molecule has 0 radical (unpaired) electrons. The predicted molar refractivity (Wildman–Crippen MR) is 133 cm³/mol. The minimum atomic E-state index is -3.42. The Hall–Kier alpha value is -2.41. The molecule has 0 bridgehead atoms. The van der Waals surface area contributed by atoms with Crippen LogP contribution in [0.5, 0.6) is 0 Å². The summed E-state index contributed by atoms with van der Waals surface area (Å²) < 4.78 is 59.8. The van der Waals surface area contributed by atoms with Crippen molar-refractivity contribution >= 4 is 44.8 Å². The smallest absolute Gasteiger partial charge is 0.338 e. The molecule has 1 saturated carbocycles. The van der Waals surface area contributed by atoms with E-state index in [0.29, 0.717) is 42.2 Å². The number of amidine groups is 1. The second-order valence-corrected chi connectivity index (χ2v) is 12.4. The first kappa shape index (κ1) is 26.6. The molecule has 13 heteroatoms. The van der Waals surface area contributed by atoms with Gasteiger partial charge < -0.3 is 10.1 Å². The number of thiazole rings is 1. The summed E-state index contributed by atoms with van der Waals surface area (Å²) in [4.78, 5) is 22.0. The van der Waals surface area contributed by atoms with E-state index in [0.717, 1.165) is 6.07 Å². The van der Waals surface area contributed by atoms with Gasteiger partial charge in [0.1, 0.15) is 6.04 Å². The van der Waals surface area contributed by atoms with Gasteiger partial charge in [0.05, 0.1) is 23.0 Å². The monoisotopic (exact) mass is 558 g/mol. The maximum atomic E-state index is 14.4. The third kappa shape index (κ3) is 4.91. The van der Waals surface area contributed by atoms with Crippen LogP contribution in [0.25, 0.3) is 0 Å². The molecular formula is C23H25ClF2N4O4S2. The van der Waals surface area contributed by atoms with Crippen molar-refractivity contribution in [1.82, 2.24) is 14.6 Å². The molecule has 1 fully saturated rings. The first-order valence-corrected chi connectivity index (χ1v) is 13.9. The van der Waals surface area contributed by atoms with Gasteiger partial charge in [-0.2, -0.15) is 0 Å². The van der Waals surface area contributed by atoms with Crippen molar-refractivity contribution in [2.75, 3.05) is 21.2 Å². The molecule has 0 saturated heterocycles. The van der Waals surface area contributed by atoms with E-state index in [1.165, 1.54) is 42.9 Å². The molecule has 1 aromatic heterocycles. The molecule has 1 unspecified atom stereocenters. The van der Waals surface area contributed by atoms with Crippen LogP contribution in [0.2, 0.25) is 5.02 Å². The Kier molecular flexibility index (Phi) is 7.79. The van der Waals surface area contributed by atoms with Crippen molar-refractivity contribution in [1.29, 1.82) is 0 Å². The maximum absolute atomic E-state index is 14.4. The largest absolute Gasteiger partial charge is 0.466 e. The molecule has 2 aromatic rings. The highest BCUT2D eigenvalue weighted by Gasteiger charge is 2.40. The number of hydrogen-bond acceptors (Lipinski definition) is 8. The van der Waals surface area contributed by atoms with E-state index in [2.05, 4.69) is 15.3 Å². The van der Waals surface area contributed by atoms with Crippen LogP contribution < -0.4 is 5.32 Å². The quantitative estimate of drug-likeness (QED) is 0.424. The molecule has 2 aliphatic rings. The summed E-state index contributed by atoms with van der Waals surface area (Å²) in [6, 6.07) is 1.14. The molecule has 1 atom stereocenters. The average molecular weight is 559 g/mol. The standard InChI is InChI=1S/C23H25ClF2N4O4S2/c1-30(2)36(32,33)13-6-4-12(5-7-13)19-16(23(31)34-3)20(14-8-9-15(25)18(26)17(14)24)29-21(28-19)22-27-10-11-35-22/h8-13,20H,4-7H2,1-3H3,(H,28,29). The van der Waals surface area contributed by atoms with Crippen molar-refractivity contribution in [3.05, 3.63) is 62.2 Å². The van der Waals surface area contributed by atoms with Crippen LogP contribution >= 0.6 is 22.9 Å². The topological polar surface area (TPSA) is 101 Å². The number of carbonyl (C=O) groups is 1. The van der Waals surface area contributed by atoms with Crippen LogP contribution in [-0.2, 0) is 19.6 Å². The first-order valence-electron chi connectivity index (χ1n) is 11.2. The van der Waals surface area contributed by atoms with E-state index in [4.69, 9.17) is 16.3 Å². The number of esters is 1. The van der Waals surface area contributed by atoms with Crippen LogP contribution in [0.4, 0.5) is 8.78 Å². The zero-order valence-corrected chi connectivity index (χ0v) is 22.2. The van der Waals surface area contributed by atoms with Gasteiger partial charge in [-0.15, -0.1) is 11.3 Å². The number of allylic oxidation sites excluding steroid dienone is 1. The van der Waals surface area contributed by atoms with Gasteiger partial charge in [0.2, 0.25) is 10.0 Å². The Labute approximate surface area is 217 Å². The molecule has 4 rings (SSSR count). The van der Waals surface area contributed by atoms with E-state index in [-0.39, 0.29) is 17.1 Å². The number of nitrogens with zero attached hydrogens (tertiary/aromatic N) is 3. The normalized spacial score (nSPS) is 22.9. The fourth-order valence-electron chi connectivity index (χ4n) is 4.60. The van der Waals surface area contributed by atoms with E-state index >= 15 is 0 Å². The minimum absolute atomic E-state index is 0.105. The summed E-state index contributed by atoms with van der Waals surface area (Å²) >= 11 is 7.50. The van der Waals surface area contributed by atoms with Gasteiger partial charge in [-0.1, -0.05) is 17.7 Å². The number of benzene rings is 1. The van der Waals surface area contributed by atoms with E-state index < -0.39 is 43.9 Å². The predicted octanol–water partition coefficient (Wildman–Crippen LogP) is 4.04. The lowest BCUT2D eigenvalue weighted by atomic mass is 9.82. The van der Waals surface area contributed by atoms with Crippen molar-refractivity contribution in [2.45, 2.75) is 37.0 Å². The second kappa shape index (κ2) is 10.5. The van der Waals surface area contributed by atoms with E-state index in [9.17, 15) is 22.0 Å². The Balaban J connectivity index is 1.80. The van der Waals surface area contributed by atoms with Gasteiger partial charge in [-0.25, -0.2) is 31.3 Å². The number of aromatic nitrogens is 1. The molecule has 2 heterocycles. The van der Waals surface area contributed by atoms with E-state index in [1.807, 2.05) is 0 Å². The zero-order valence-electron chi connectivity index (χ0n) is 19.8. The van der Waals surface area contributed by atoms with Crippen LogP contribution in [-0.4, -0.2) is 56.0 Å². The number of methoxy groups -OCH3 is 1. The highest BCUT2D eigenvalue weighted by atomic mass is 35.5. The molecule has 8 nitrogen and oxygen atoms in total. The summed E-state index contributed by atoms with van der Waals surface area (Å²) in [7, 11) is 0.813. The van der Waals surface area contributed by atoms with Gasteiger partial charge in [-0.05, 0) is 37.7 Å². The summed E-state index contributed by atoms with van der Waals surface area (Å²) in [5, 5.41) is 4.50. The van der Waals surface area contributed by atoms with Crippen molar-refractivity contribution < 1.29 is 26.7 Å². The second-order valence-electron chi connectivity index (χ2n) is 8.73. The number of sulfonamides is 1. The molecule has 1 N–H and O–H groups in total. The van der Waals surface area contributed by atoms with Gasteiger partial charge in [0.25, 0.3) is 0 Å². The summed E-state index contributed by atoms with van der Waals surface area (Å²) in [6.45, 7) is 0. The lowest BCUT2D eigenvalue weighted by Crippen LogP contribution is -2.40. The van der Waals surface area contributed by atoms with Crippen LogP contribution in [0.1, 0.15) is 42.3 Å². The molecule has 1 aliphatic carbocycles. The molecule has 194 valence electrons. The molecule has 1 aromatic carbocycles. The third-order valence-electron chi connectivity index (χ3n) is 6.49. The fourth-order valence-corrected chi connectivity index (χ4v) is 6.90. The van der Waals surface area contributed by atoms with Gasteiger partial charge in [-0.3, -0.25) is 4.99 Å². The third-order valence-corrected chi connectivity index (χ3v) is 9.98.